The molecule has 2 aliphatic heterocycles. The van der Waals surface area contributed by atoms with Gasteiger partial charge in [0.05, 0.1) is 21.6 Å². The minimum atomic E-state index is -3.68. The Labute approximate surface area is 154 Å². The molecule has 0 unspecified atom stereocenters. The number of sulfonamides is 2. The van der Waals surface area contributed by atoms with E-state index in [-0.39, 0.29) is 38.0 Å². The summed E-state index contributed by atoms with van der Waals surface area (Å²) in [6.07, 6.45) is 0. The normalized spacial score (nSPS) is 17.8. The molecule has 0 bridgehead atoms. The molecule has 2 amide bonds. The maximum absolute atomic E-state index is 11.1. The van der Waals surface area contributed by atoms with Crippen molar-refractivity contribution in [3.8, 4) is 0 Å². The number of hydrogen-bond acceptors (Lipinski definition) is 6. The molecule has 0 N–H and O–H groups in total. The van der Waals surface area contributed by atoms with Gasteiger partial charge >= 0.3 is 17.1 Å². The second-order valence-electron chi connectivity index (χ2n) is 4.74. The Kier molecular flexibility index (Phi) is 5.05. The number of benzene rings is 2. The van der Waals surface area contributed by atoms with Gasteiger partial charge in [-0.2, -0.15) is 0 Å². The number of nitrogens with zero attached hydrogens (tertiary/aromatic N) is 2. The number of fused-ring (bicyclic) bond motifs is 2. The molecule has 25 heavy (non-hydrogen) atoms. The Balaban J connectivity index is 0.000000173. The summed E-state index contributed by atoms with van der Waals surface area (Å²) in [4.78, 5) is 21.9. The molecule has 0 aromatic heterocycles. The maximum Gasteiger partial charge on any atom is 2.00 e. The van der Waals surface area contributed by atoms with Crippen LogP contribution in [0.4, 0.5) is 0 Å². The molecular formula is C14H8FeN2O6S2. The summed E-state index contributed by atoms with van der Waals surface area (Å²) < 4.78 is 50.3. The van der Waals surface area contributed by atoms with Crippen LogP contribution >= 0.6 is 0 Å². The van der Waals surface area contributed by atoms with Crippen molar-refractivity contribution in [3.05, 3.63) is 69.1 Å². The first-order valence-electron chi connectivity index (χ1n) is 6.45. The number of hydrogen-bond donors (Lipinski definition) is 0. The molecule has 4 rings (SSSR count). The second kappa shape index (κ2) is 6.60. The van der Waals surface area contributed by atoms with Crippen LogP contribution in [0.2, 0.25) is 0 Å². The van der Waals surface area contributed by atoms with Gasteiger partial charge < -0.3 is 19.0 Å². The number of carbonyl (C=O) groups is 2. The summed E-state index contributed by atoms with van der Waals surface area (Å²) in [7, 11) is -7.36. The van der Waals surface area contributed by atoms with Gasteiger partial charge in [0.2, 0.25) is 0 Å². The van der Waals surface area contributed by atoms with E-state index in [0.717, 1.165) is 0 Å². The van der Waals surface area contributed by atoms with E-state index in [1.807, 2.05) is 0 Å². The average molecular weight is 420 g/mol. The molecule has 0 fully saturated rings. The topological polar surface area (TPSA) is 131 Å². The first-order valence-corrected chi connectivity index (χ1v) is 9.33. The first kappa shape index (κ1) is 19.1. The van der Waals surface area contributed by atoms with E-state index in [2.05, 4.69) is 9.44 Å². The number of amides is 2. The van der Waals surface area contributed by atoms with Crippen LogP contribution in [0.25, 0.3) is 9.44 Å². The third kappa shape index (κ3) is 3.45. The maximum atomic E-state index is 11.1. The molecule has 2 aliphatic rings. The van der Waals surface area contributed by atoms with Crippen LogP contribution in [-0.2, 0) is 37.1 Å². The molecule has 0 atom stereocenters. The standard InChI is InChI=1S/2C7H5NO3S.Fe/c2*9-7-5-3-1-2-4-6(5)12(10,11)8-7;/h2*1-4H,(H,8,9);/q;;+2/p-2. The van der Waals surface area contributed by atoms with Crippen molar-refractivity contribution >= 4 is 31.9 Å². The monoisotopic (exact) mass is 420 g/mol. The van der Waals surface area contributed by atoms with Gasteiger partial charge in [-0.1, -0.05) is 36.4 Å². The first-order chi connectivity index (χ1) is 11.2. The number of carbonyl (C=O) groups excluding carboxylic acids is 2. The fourth-order valence-electron chi connectivity index (χ4n) is 2.15. The Morgan fingerprint density at radius 3 is 1.24 bits per heavy atom. The average Bonchev–Trinajstić information content (AvgIpc) is 2.91. The van der Waals surface area contributed by atoms with E-state index in [1.54, 1.807) is 24.3 Å². The zero-order valence-corrected chi connectivity index (χ0v) is 14.9. The molecule has 0 saturated heterocycles. The molecule has 0 aliphatic carbocycles. The van der Waals surface area contributed by atoms with Crippen molar-refractivity contribution in [1.29, 1.82) is 0 Å². The van der Waals surface area contributed by atoms with Crippen LogP contribution in [0.5, 0.6) is 0 Å². The van der Waals surface area contributed by atoms with E-state index >= 15 is 0 Å². The van der Waals surface area contributed by atoms with E-state index in [1.165, 1.54) is 24.3 Å². The minimum absolute atomic E-state index is 0. The third-order valence-corrected chi connectivity index (χ3v) is 5.83. The van der Waals surface area contributed by atoms with Crippen molar-refractivity contribution in [2.75, 3.05) is 0 Å². The summed E-state index contributed by atoms with van der Waals surface area (Å²) in [6, 6.07) is 12.0. The molecule has 130 valence electrons. The fourth-order valence-corrected chi connectivity index (χ4v) is 4.35. The SMILES string of the molecule is O=C1[N-]S(=O)(=O)c2ccccc21.O=C1[N-]S(=O)(=O)c2ccccc21.[Fe+2]. The molecule has 11 heteroatoms. The van der Waals surface area contributed by atoms with Crippen LogP contribution in [0.3, 0.4) is 0 Å². The van der Waals surface area contributed by atoms with Gasteiger partial charge in [0.1, 0.15) is 20.0 Å². The summed E-state index contributed by atoms with van der Waals surface area (Å²) in [5.41, 5.74) is 0.329. The van der Waals surface area contributed by atoms with Crippen LogP contribution < -0.4 is 0 Å². The zero-order valence-electron chi connectivity index (χ0n) is 12.1. The zero-order chi connectivity index (χ0) is 17.5. The Morgan fingerprint density at radius 2 is 0.920 bits per heavy atom. The third-order valence-electron chi connectivity index (χ3n) is 3.20. The fraction of sp³-hybridized carbons (Fsp3) is 0. The van der Waals surface area contributed by atoms with Crippen LogP contribution in [0.15, 0.2) is 58.3 Å². The van der Waals surface area contributed by atoms with Gasteiger partial charge in [-0.15, -0.1) is 0 Å². The van der Waals surface area contributed by atoms with E-state index < -0.39 is 31.9 Å². The molecule has 2 aromatic carbocycles. The minimum Gasteiger partial charge on any atom is -0.537 e. The van der Waals surface area contributed by atoms with Gasteiger partial charge in [-0.05, 0) is 12.1 Å². The summed E-state index contributed by atoms with van der Waals surface area (Å²) in [6.45, 7) is 0. The Bertz CT molecular complexity index is 993. The van der Waals surface area contributed by atoms with Crippen molar-refractivity contribution in [3.63, 3.8) is 0 Å². The summed E-state index contributed by atoms with van der Waals surface area (Å²) in [5, 5.41) is 0. The van der Waals surface area contributed by atoms with E-state index in [4.69, 9.17) is 0 Å². The van der Waals surface area contributed by atoms with Gasteiger partial charge in [0, 0.05) is 11.1 Å². The molecule has 2 heterocycles. The van der Waals surface area contributed by atoms with E-state index in [0.29, 0.717) is 0 Å². The molecular weight excluding hydrogens is 412 g/mol. The molecule has 0 radical (unpaired) electrons. The Morgan fingerprint density at radius 1 is 0.600 bits per heavy atom. The largest absolute Gasteiger partial charge is 2.00 e. The van der Waals surface area contributed by atoms with Crippen LogP contribution in [-0.4, -0.2) is 28.6 Å². The Hall–Kier alpha value is -2.20. The van der Waals surface area contributed by atoms with Crippen molar-refractivity contribution in [1.82, 2.24) is 0 Å². The van der Waals surface area contributed by atoms with Gasteiger partial charge in [-0.25, -0.2) is 16.8 Å². The van der Waals surface area contributed by atoms with Gasteiger partial charge in [-0.3, -0.25) is 0 Å². The van der Waals surface area contributed by atoms with Crippen LogP contribution in [0, 0.1) is 0 Å². The molecule has 0 spiro atoms. The summed E-state index contributed by atoms with van der Waals surface area (Å²) >= 11 is 0. The smallest absolute Gasteiger partial charge is 0.537 e. The van der Waals surface area contributed by atoms with Crippen molar-refractivity contribution in [2.45, 2.75) is 9.79 Å². The van der Waals surface area contributed by atoms with Gasteiger partial charge in [0.15, 0.2) is 0 Å². The predicted molar refractivity (Wildman–Crippen MR) is 82.6 cm³/mol. The molecule has 2 aromatic rings. The second-order valence-corrected chi connectivity index (χ2v) is 7.88. The number of rotatable bonds is 0. The van der Waals surface area contributed by atoms with Crippen LogP contribution in [0.1, 0.15) is 20.7 Å². The van der Waals surface area contributed by atoms with Crippen molar-refractivity contribution in [2.24, 2.45) is 0 Å². The molecule has 8 nitrogen and oxygen atoms in total. The van der Waals surface area contributed by atoms with E-state index in [9.17, 15) is 26.4 Å². The quantitative estimate of drug-likeness (QED) is 0.598. The predicted octanol–water partition coefficient (Wildman–Crippen LogP) is 1.80. The van der Waals surface area contributed by atoms with Gasteiger partial charge in [0.25, 0.3) is 0 Å². The van der Waals surface area contributed by atoms with Crippen molar-refractivity contribution < 1.29 is 43.5 Å². The summed E-state index contributed by atoms with van der Waals surface area (Å²) in [5.74, 6) is -1.35. The molecule has 0 saturated carbocycles.